The van der Waals surface area contributed by atoms with Crippen LogP contribution in [0, 0.1) is 11.8 Å². The molecule has 1 heterocycles. The molecule has 0 N–H and O–H groups in total. The normalized spacial score (nSPS) is 20.5. The molecule has 108 valence electrons. The van der Waals surface area contributed by atoms with Gasteiger partial charge in [0.25, 0.3) is 0 Å². The second kappa shape index (κ2) is 9.54. The highest BCUT2D eigenvalue weighted by Crippen LogP contribution is 2.18. The molecular weight excluding hydrogens is 337 g/mol. The predicted octanol–water partition coefficient (Wildman–Crippen LogP) is 3.97. The fourth-order valence-electron chi connectivity index (χ4n) is 2.57. The van der Waals surface area contributed by atoms with E-state index in [1.807, 2.05) is 0 Å². The molecule has 1 aliphatic heterocycles. The summed E-state index contributed by atoms with van der Waals surface area (Å²) in [6.45, 7) is 12.7. The molecule has 0 bridgehead atoms. The first-order chi connectivity index (χ1) is 8.58. The smallest absolute Gasteiger partial charge is 0.0495 e. The van der Waals surface area contributed by atoms with E-state index in [-0.39, 0.29) is 0 Å². The molecule has 0 aliphatic carbocycles. The van der Waals surface area contributed by atoms with Gasteiger partial charge in [-0.25, -0.2) is 0 Å². The molecule has 3 heteroatoms. The number of likely N-dealkylation sites (tertiary alicyclic amines) is 1. The molecule has 1 saturated heterocycles. The number of ether oxygens (including phenoxy) is 1. The zero-order chi connectivity index (χ0) is 13.4. The van der Waals surface area contributed by atoms with Gasteiger partial charge in [-0.2, -0.15) is 0 Å². The second-order valence-electron chi connectivity index (χ2n) is 6.14. The standard InChI is InChI=1S/C15H30INO/c1-13(2)11-17-8-6-15(7-9-17)12-18-10-4-5-14(3)16/h13-15H,4-12H2,1-3H3. The van der Waals surface area contributed by atoms with Crippen LogP contribution in [0.3, 0.4) is 0 Å². The first-order valence-electron chi connectivity index (χ1n) is 7.52. The van der Waals surface area contributed by atoms with Gasteiger partial charge in [0.05, 0.1) is 0 Å². The average Bonchev–Trinajstić information content (AvgIpc) is 2.30. The molecule has 1 aliphatic rings. The molecule has 1 atom stereocenters. The molecule has 0 aromatic heterocycles. The largest absolute Gasteiger partial charge is 0.381 e. The molecule has 0 radical (unpaired) electrons. The van der Waals surface area contributed by atoms with Crippen molar-refractivity contribution in [1.82, 2.24) is 4.90 Å². The van der Waals surface area contributed by atoms with E-state index in [1.165, 1.54) is 45.3 Å². The third-order valence-electron chi connectivity index (χ3n) is 3.57. The molecule has 0 spiro atoms. The lowest BCUT2D eigenvalue weighted by molar-refractivity contribution is 0.0628. The van der Waals surface area contributed by atoms with Crippen molar-refractivity contribution in [3.8, 4) is 0 Å². The van der Waals surface area contributed by atoms with Crippen LogP contribution >= 0.6 is 22.6 Å². The van der Waals surface area contributed by atoms with E-state index < -0.39 is 0 Å². The topological polar surface area (TPSA) is 12.5 Å². The van der Waals surface area contributed by atoms with Crippen molar-refractivity contribution in [2.24, 2.45) is 11.8 Å². The van der Waals surface area contributed by atoms with E-state index in [2.05, 4.69) is 48.3 Å². The van der Waals surface area contributed by atoms with Gasteiger partial charge in [0, 0.05) is 23.7 Å². The number of hydrogen-bond donors (Lipinski definition) is 0. The van der Waals surface area contributed by atoms with E-state index >= 15 is 0 Å². The minimum atomic E-state index is 0.783. The Balaban J connectivity index is 1.98. The van der Waals surface area contributed by atoms with Crippen LogP contribution in [0.15, 0.2) is 0 Å². The SMILES string of the molecule is CC(C)CN1CCC(COCCCC(C)I)CC1. The zero-order valence-electron chi connectivity index (χ0n) is 12.3. The highest BCUT2D eigenvalue weighted by Gasteiger charge is 2.19. The van der Waals surface area contributed by atoms with Crippen LogP contribution in [0.25, 0.3) is 0 Å². The third-order valence-corrected chi connectivity index (χ3v) is 4.20. The summed E-state index contributed by atoms with van der Waals surface area (Å²) in [5.74, 6) is 1.61. The lowest BCUT2D eigenvalue weighted by Crippen LogP contribution is -2.37. The third kappa shape index (κ3) is 7.95. The highest BCUT2D eigenvalue weighted by molar-refractivity contribution is 14.1. The molecule has 0 amide bonds. The molecule has 0 aromatic carbocycles. The van der Waals surface area contributed by atoms with E-state index in [0.717, 1.165) is 29.0 Å². The number of hydrogen-bond acceptors (Lipinski definition) is 2. The molecule has 18 heavy (non-hydrogen) atoms. The Morgan fingerprint density at radius 1 is 1.22 bits per heavy atom. The van der Waals surface area contributed by atoms with Crippen LogP contribution in [0.2, 0.25) is 0 Å². The minimum absolute atomic E-state index is 0.783. The van der Waals surface area contributed by atoms with Crippen LogP contribution in [-0.4, -0.2) is 41.7 Å². The number of rotatable bonds is 8. The van der Waals surface area contributed by atoms with Crippen LogP contribution < -0.4 is 0 Å². The van der Waals surface area contributed by atoms with Crippen molar-refractivity contribution in [2.75, 3.05) is 32.8 Å². The number of halogens is 1. The molecule has 1 unspecified atom stereocenters. The van der Waals surface area contributed by atoms with Gasteiger partial charge in [0.1, 0.15) is 0 Å². The van der Waals surface area contributed by atoms with E-state index in [4.69, 9.17) is 4.74 Å². The Bertz CT molecular complexity index is 201. The second-order valence-corrected chi connectivity index (χ2v) is 8.26. The van der Waals surface area contributed by atoms with Crippen LogP contribution in [0.1, 0.15) is 46.5 Å². The summed E-state index contributed by atoms with van der Waals surface area (Å²) in [6, 6.07) is 0. The summed E-state index contributed by atoms with van der Waals surface area (Å²) in [7, 11) is 0. The lowest BCUT2D eigenvalue weighted by atomic mass is 9.97. The fourth-order valence-corrected chi connectivity index (χ4v) is 3.01. The van der Waals surface area contributed by atoms with Gasteiger partial charge in [-0.3, -0.25) is 0 Å². The maximum Gasteiger partial charge on any atom is 0.0495 e. The van der Waals surface area contributed by atoms with Gasteiger partial charge < -0.3 is 9.64 Å². The molecule has 1 fully saturated rings. The Labute approximate surface area is 127 Å². The molecule has 0 aromatic rings. The Hall–Kier alpha value is 0.650. The van der Waals surface area contributed by atoms with Gasteiger partial charge in [0.15, 0.2) is 0 Å². The summed E-state index contributed by atoms with van der Waals surface area (Å²) in [4.78, 5) is 2.61. The van der Waals surface area contributed by atoms with Crippen molar-refractivity contribution < 1.29 is 4.74 Å². The summed E-state index contributed by atoms with van der Waals surface area (Å²) < 4.78 is 6.60. The van der Waals surface area contributed by atoms with Crippen molar-refractivity contribution in [1.29, 1.82) is 0 Å². The lowest BCUT2D eigenvalue weighted by Gasteiger charge is -2.32. The summed E-state index contributed by atoms with van der Waals surface area (Å²) >= 11 is 2.49. The van der Waals surface area contributed by atoms with Crippen LogP contribution in [0.5, 0.6) is 0 Å². The minimum Gasteiger partial charge on any atom is -0.381 e. The van der Waals surface area contributed by atoms with Gasteiger partial charge in [-0.1, -0.05) is 43.4 Å². The zero-order valence-corrected chi connectivity index (χ0v) is 14.5. The molecule has 2 nitrogen and oxygen atoms in total. The van der Waals surface area contributed by atoms with Gasteiger partial charge in [0.2, 0.25) is 0 Å². The fraction of sp³-hybridized carbons (Fsp3) is 1.00. The monoisotopic (exact) mass is 367 g/mol. The number of nitrogens with zero attached hydrogens (tertiary/aromatic N) is 1. The molecular formula is C15H30INO. The summed E-state index contributed by atoms with van der Waals surface area (Å²) in [5, 5.41) is 0. The maximum atomic E-state index is 5.82. The van der Waals surface area contributed by atoms with Crippen molar-refractivity contribution in [3.63, 3.8) is 0 Å². The Kier molecular flexibility index (Phi) is 8.85. The van der Waals surface area contributed by atoms with Crippen LogP contribution in [0.4, 0.5) is 0 Å². The maximum absolute atomic E-state index is 5.82. The first kappa shape index (κ1) is 16.7. The van der Waals surface area contributed by atoms with Crippen LogP contribution in [-0.2, 0) is 4.74 Å². The summed E-state index contributed by atoms with van der Waals surface area (Å²) in [5.41, 5.74) is 0. The average molecular weight is 367 g/mol. The Morgan fingerprint density at radius 3 is 2.44 bits per heavy atom. The molecule has 1 rings (SSSR count). The van der Waals surface area contributed by atoms with Gasteiger partial charge >= 0.3 is 0 Å². The number of piperidine rings is 1. The summed E-state index contributed by atoms with van der Waals surface area (Å²) in [6.07, 6.45) is 5.16. The molecule has 0 saturated carbocycles. The van der Waals surface area contributed by atoms with E-state index in [1.54, 1.807) is 0 Å². The van der Waals surface area contributed by atoms with Gasteiger partial charge in [-0.15, -0.1) is 0 Å². The predicted molar refractivity (Wildman–Crippen MR) is 87.5 cm³/mol. The van der Waals surface area contributed by atoms with E-state index in [0.29, 0.717) is 0 Å². The van der Waals surface area contributed by atoms with Gasteiger partial charge in [-0.05, 0) is 50.6 Å². The van der Waals surface area contributed by atoms with Crippen molar-refractivity contribution in [3.05, 3.63) is 0 Å². The first-order valence-corrected chi connectivity index (χ1v) is 8.76. The Morgan fingerprint density at radius 2 is 1.89 bits per heavy atom. The van der Waals surface area contributed by atoms with Crippen molar-refractivity contribution in [2.45, 2.75) is 50.4 Å². The number of alkyl halides is 1. The van der Waals surface area contributed by atoms with E-state index in [9.17, 15) is 0 Å². The highest BCUT2D eigenvalue weighted by atomic mass is 127. The quantitative estimate of drug-likeness (QED) is 0.366. The van der Waals surface area contributed by atoms with Crippen molar-refractivity contribution >= 4 is 22.6 Å².